The van der Waals surface area contributed by atoms with Crippen LogP contribution in [0.1, 0.15) is 0 Å². The van der Waals surface area contributed by atoms with Crippen LogP contribution in [-0.4, -0.2) is 4.98 Å². The van der Waals surface area contributed by atoms with Crippen LogP contribution in [0.15, 0.2) is 162 Å². The van der Waals surface area contributed by atoms with Gasteiger partial charge in [-0.05, 0) is 64.7 Å². The van der Waals surface area contributed by atoms with E-state index in [0.29, 0.717) is 0 Å². The lowest BCUT2D eigenvalue weighted by molar-refractivity contribution is 0.673. The zero-order chi connectivity index (χ0) is 35.1. The van der Waals surface area contributed by atoms with Crippen LogP contribution in [0.3, 0.4) is 0 Å². The fourth-order valence-corrected chi connectivity index (χ4v) is 11.6. The third-order valence-electron chi connectivity index (χ3n) is 11.6. The molecule has 0 saturated carbocycles. The predicted molar refractivity (Wildman–Crippen MR) is 235 cm³/mol. The molecule has 0 spiro atoms. The maximum Gasteiger partial charge on any atom is 0.143 e. The molecule has 4 heteroatoms. The third-order valence-corrected chi connectivity index (χ3v) is 14.0. The molecular formula is C50H27NOS2. The van der Waals surface area contributed by atoms with Gasteiger partial charge in [-0.3, -0.25) is 0 Å². The van der Waals surface area contributed by atoms with Gasteiger partial charge >= 0.3 is 0 Å². The number of rotatable bonds is 2. The van der Waals surface area contributed by atoms with Crippen LogP contribution < -0.4 is 0 Å². The molecule has 13 rings (SSSR count). The Bertz CT molecular complexity index is 3480. The van der Waals surface area contributed by atoms with E-state index in [0.717, 1.165) is 27.5 Å². The minimum absolute atomic E-state index is 0.916. The minimum Gasteiger partial charge on any atom is -0.455 e. The van der Waals surface area contributed by atoms with Crippen LogP contribution in [0.5, 0.6) is 0 Å². The molecule has 0 fully saturated rings. The van der Waals surface area contributed by atoms with Gasteiger partial charge in [0, 0.05) is 89.0 Å². The Balaban J connectivity index is 1.08. The monoisotopic (exact) mass is 721 g/mol. The van der Waals surface area contributed by atoms with Crippen LogP contribution in [0, 0.1) is 0 Å². The quantitative estimate of drug-likeness (QED) is 0.189. The van der Waals surface area contributed by atoms with Gasteiger partial charge < -0.3 is 9.40 Å². The minimum atomic E-state index is 0.916. The molecule has 9 aromatic carbocycles. The first-order valence-corrected chi connectivity index (χ1v) is 20.0. The number of thiophene rings is 2. The van der Waals surface area contributed by atoms with E-state index in [1.54, 1.807) is 0 Å². The molecule has 54 heavy (non-hydrogen) atoms. The van der Waals surface area contributed by atoms with Crippen LogP contribution >= 0.6 is 22.7 Å². The van der Waals surface area contributed by atoms with Crippen LogP contribution in [0.25, 0.3) is 128 Å². The van der Waals surface area contributed by atoms with Crippen molar-refractivity contribution in [3.8, 4) is 22.3 Å². The Morgan fingerprint density at radius 3 is 1.59 bits per heavy atom. The van der Waals surface area contributed by atoms with E-state index in [1.165, 1.54) is 100 Å². The molecule has 0 aliphatic carbocycles. The normalized spacial score (nSPS) is 12.4. The summed E-state index contributed by atoms with van der Waals surface area (Å²) in [5.41, 5.74) is 9.05. The number of fused-ring (bicyclic) bond motifs is 18. The summed E-state index contributed by atoms with van der Waals surface area (Å²) >= 11 is 3.77. The number of hydrogen-bond acceptors (Lipinski definition) is 3. The van der Waals surface area contributed by atoms with Crippen molar-refractivity contribution in [1.29, 1.82) is 0 Å². The summed E-state index contributed by atoms with van der Waals surface area (Å²) in [6, 6.07) is 58.0. The summed E-state index contributed by atoms with van der Waals surface area (Å²) in [4.78, 5) is 3.84. The van der Waals surface area contributed by atoms with Crippen LogP contribution in [-0.2, 0) is 0 Å². The summed E-state index contributed by atoms with van der Waals surface area (Å²) in [5.74, 6) is 0. The number of nitrogens with one attached hydrogen (secondary N) is 1. The second-order valence-corrected chi connectivity index (χ2v) is 16.5. The highest BCUT2D eigenvalue weighted by Crippen LogP contribution is 2.48. The molecule has 4 aromatic heterocycles. The Hall–Kier alpha value is -6.46. The lowest BCUT2D eigenvalue weighted by atomic mass is 9.91. The van der Waals surface area contributed by atoms with Crippen LogP contribution in [0.2, 0.25) is 0 Å². The lowest BCUT2D eigenvalue weighted by Crippen LogP contribution is -1.86. The zero-order valence-electron chi connectivity index (χ0n) is 28.7. The Morgan fingerprint density at radius 2 is 0.907 bits per heavy atom. The first kappa shape index (κ1) is 29.0. The number of furan rings is 1. The molecule has 250 valence electrons. The molecule has 0 aliphatic rings. The summed E-state index contributed by atoms with van der Waals surface area (Å²) in [6.45, 7) is 0. The average Bonchev–Trinajstić information content (AvgIpc) is 4.00. The molecular weight excluding hydrogens is 695 g/mol. The Kier molecular flexibility index (Phi) is 5.69. The highest BCUT2D eigenvalue weighted by Gasteiger charge is 2.21. The number of aromatic amines is 1. The molecule has 1 N–H and O–H groups in total. The van der Waals surface area contributed by atoms with E-state index >= 15 is 0 Å². The van der Waals surface area contributed by atoms with Gasteiger partial charge in [-0.25, -0.2) is 0 Å². The summed E-state index contributed by atoms with van der Waals surface area (Å²) < 4.78 is 12.0. The van der Waals surface area contributed by atoms with Gasteiger partial charge in [0.05, 0.1) is 5.52 Å². The van der Waals surface area contributed by atoms with E-state index < -0.39 is 0 Å². The highest BCUT2D eigenvalue weighted by molar-refractivity contribution is 7.27. The standard InChI is InChI=1S/C50H27NOS2/c1-5-13-41-35(11-1)45-37(25-39-31(47(45)51-41)21-23-33-29-9-3-7-15-43(29)53-49(33)39)27-17-19-28(20-18-27)38-26-40-32(48-46(38)36-12-2-6-14-42(36)52-48)22-24-34-30-10-4-8-16-44(30)54-50(34)40/h1-26,51H. The van der Waals surface area contributed by atoms with E-state index in [2.05, 4.69) is 163 Å². The maximum atomic E-state index is 6.72. The van der Waals surface area contributed by atoms with Gasteiger partial charge in [-0.2, -0.15) is 0 Å². The van der Waals surface area contributed by atoms with E-state index in [-0.39, 0.29) is 0 Å². The predicted octanol–water partition coefficient (Wildman–Crippen LogP) is 15.6. The fraction of sp³-hybridized carbons (Fsp3) is 0. The van der Waals surface area contributed by atoms with Crippen molar-refractivity contribution in [1.82, 2.24) is 4.98 Å². The van der Waals surface area contributed by atoms with Crippen molar-refractivity contribution < 1.29 is 4.42 Å². The SMILES string of the molecule is c1ccc2c(c1)[nH]c1c3ccc4c5ccccc5sc4c3cc(-c3ccc(-c4cc5c(ccc6c7ccccc7sc65)c5oc6ccccc6c45)cc3)c21. The van der Waals surface area contributed by atoms with Gasteiger partial charge in [0.25, 0.3) is 0 Å². The number of para-hydroxylation sites is 2. The summed E-state index contributed by atoms with van der Waals surface area (Å²) in [6.07, 6.45) is 0. The van der Waals surface area contributed by atoms with E-state index in [9.17, 15) is 0 Å². The highest BCUT2D eigenvalue weighted by atomic mass is 32.1. The van der Waals surface area contributed by atoms with Crippen molar-refractivity contribution in [2.24, 2.45) is 0 Å². The molecule has 0 unspecified atom stereocenters. The second kappa shape index (κ2) is 10.6. The third kappa shape index (κ3) is 3.83. The number of hydrogen-bond donors (Lipinski definition) is 1. The molecule has 0 aliphatic heterocycles. The first-order chi connectivity index (χ1) is 26.8. The van der Waals surface area contributed by atoms with Crippen LogP contribution in [0.4, 0.5) is 0 Å². The van der Waals surface area contributed by atoms with Crippen molar-refractivity contribution >= 4 is 128 Å². The van der Waals surface area contributed by atoms with Gasteiger partial charge in [0.15, 0.2) is 0 Å². The molecule has 0 amide bonds. The molecule has 0 bridgehead atoms. The molecule has 0 radical (unpaired) electrons. The second-order valence-electron chi connectivity index (χ2n) is 14.4. The number of aromatic nitrogens is 1. The van der Waals surface area contributed by atoms with Crippen molar-refractivity contribution in [3.05, 3.63) is 158 Å². The lowest BCUT2D eigenvalue weighted by Gasteiger charge is -2.12. The average molecular weight is 722 g/mol. The van der Waals surface area contributed by atoms with Crippen molar-refractivity contribution in [3.63, 3.8) is 0 Å². The molecule has 0 saturated heterocycles. The number of H-pyrrole nitrogens is 1. The Labute approximate surface area is 316 Å². The number of benzene rings is 9. The van der Waals surface area contributed by atoms with Gasteiger partial charge in [0.1, 0.15) is 11.2 Å². The maximum absolute atomic E-state index is 6.72. The molecule has 0 atom stereocenters. The van der Waals surface area contributed by atoms with Gasteiger partial charge in [0.2, 0.25) is 0 Å². The molecule has 2 nitrogen and oxygen atoms in total. The Morgan fingerprint density at radius 1 is 0.389 bits per heavy atom. The smallest absolute Gasteiger partial charge is 0.143 e. The van der Waals surface area contributed by atoms with Gasteiger partial charge in [-0.15, -0.1) is 22.7 Å². The largest absolute Gasteiger partial charge is 0.455 e. The van der Waals surface area contributed by atoms with Crippen molar-refractivity contribution in [2.45, 2.75) is 0 Å². The van der Waals surface area contributed by atoms with E-state index in [1.807, 2.05) is 22.7 Å². The molecule has 13 aromatic rings. The zero-order valence-corrected chi connectivity index (χ0v) is 30.4. The van der Waals surface area contributed by atoms with Crippen molar-refractivity contribution in [2.75, 3.05) is 0 Å². The first-order valence-electron chi connectivity index (χ1n) is 18.3. The fourth-order valence-electron chi connectivity index (χ4n) is 9.17. The van der Waals surface area contributed by atoms with Gasteiger partial charge in [-0.1, -0.05) is 115 Å². The van der Waals surface area contributed by atoms with E-state index in [4.69, 9.17) is 4.42 Å². The summed E-state index contributed by atoms with van der Waals surface area (Å²) in [7, 11) is 0. The summed E-state index contributed by atoms with van der Waals surface area (Å²) in [5, 5.41) is 15.0. The molecule has 4 heterocycles. The topological polar surface area (TPSA) is 28.9 Å².